The Morgan fingerprint density at radius 3 is 2.42 bits per heavy atom. The molecule has 4 rings (SSSR count). The van der Waals surface area contributed by atoms with Gasteiger partial charge in [0.05, 0.1) is 4.90 Å². The fraction of sp³-hybridized carbons (Fsp3) is 0.280. The quantitative estimate of drug-likeness (QED) is 0.368. The van der Waals surface area contributed by atoms with Gasteiger partial charge in [-0.1, -0.05) is 48.5 Å². The standard InChI is InChI=1S/C25H28N4O3S/c26-24(27)21-10-6-7-18(15-21)16-23(25(30)29-13-4-1-5-14-29)28-33(31,32)22-12-11-19-8-2-3-9-20(19)17-22/h2-3,6-12,15,17,23,28H,1,4-5,13-14,16H2,(H3,26,27)/t23-/m1/s1. The Balaban J connectivity index is 1.64. The Hall–Kier alpha value is -3.23. The van der Waals surface area contributed by atoms with E-state index in [1.807, 2.05) is 30.3 Å². The van der Waals surface area contributed by atoms with Gasteiger partial charge >= 0.3 is 0 Å². The summed E-state index contributed by atoms with van der Waals surface area (Å²) in [5, 5.41) is 9.43. The first kappa shape index (κ1) is 22.9. The molecule has 0 saturated carbocycles. The van der Waals surface area contributed by atoms with Crippen LogP contribution in [0.4, 0.5) is 0 Å². The molecule has 3 aromatic carbocycles. The van der Waals surface area contributed by atoms with E-state index in [0.29, 0.717) is 18.7 Å². The number of fused-ring (bicyclic) bond motifs is 1. The lowest BCUT2D eigenvalue weighted by molar-refractivity contribution is -0.133. The van der Waals surface area contributed by atoms with E-state index in [9.17, 15) is 13.2 Å². The van der Waals surface area contributed by atoms with Crippen LogP contribution in [0.25, 0.3) is 10.8 Å². The molecule has 0 spiro atoms. The second-order valence-electron chi connectivity index (χ2n) is 8.39. The minimum Gasteiger partial charge on any atom is -0.384 e. The zero-order chi connectivity index (χ0) is 23.4. The Bertz CT molecular complexity index is 1280. The van der Waals surface area contributed by atoms with Crippen LogP contribution in [0.2, 0.25) is 0 Å². The van der Waals surface area contributed by atoms with Crippen molar-refractivity contribution in [3.8, 4) is 0 Å². The van der Waals surface area contributed by atoms with Crippen LogP contribution in [-0.2, 0) is 21.2 Å². The highest BCUT2D eigenvalue weighted by molar-refractivity contribution is 7.89. The number of piperidine rings is 1. The van der Waals surface area contributed by atoms with Crippen LogP contribution in [-0.4, -0.2) is 44.2 Å². The molecule has 1 amide bonds. The lowest BCUT2D eigenvalue weighted by atomic mass is 10.0. The van der Waals surface area contributed by atoms with Crippen LogP contribution in [0.5, 0.6) is 0 Å². The van der Waals surface area contributed by atoms with E-state index in [2.05, 4.69) is 4.72 Å². The van der Waals surface area contributed by atoms with Gasteiger partial charge in [0, 0.05) is 18.7 Å². The summed E-state index contributed by atoms with van der Waals surface area (Å²) in [5.41, 5.74) is 6.88. The Kier molecular flexibility index (Phi) is 6.76. The number of hydrogen-bond donors (Lipinski definition) is 3. The maximum atomic E-state index is 13.4. The molecule has 8 heteroatoms. The molecule has 1 saturated heterocycles. The summed E-state index contributed by atoms with van der Waals surface area (Å²) in [7, 11) is -3.95. The lowest BCUT2D eigenvalue weighted by Gasteiger charge is -2.31. The normalized spacial score (nSPS) is 15.3. The summed E-state index contributed by atoms with van der Waals surface area (Å²) < 4.78 is 29.3. The average molecular weight is 465 g/mol. The number of nitrogens with two attached hydrogens (primary N) is 1. The number of rotatable bonds is 7. The maximum Gasteiger partial charge on any atom is 0.241 e. The van der Waals surface area contributed by atoms with Gasteiger partial charge in [0.15, 0.2) is 0 Å². The summed E-state index contributed by atoms with van der Waals surface area (Å²) in [6.45, 7) is 1.25. The second-order valence-corrected chi connectivity index (χ2v) is 10.1. The number of likely N-dealkylation sites (tertiary alicyclic amines) is 1. The molecule has 33 heavy (non-hydrogen) atoms. The zero-order valence-electron chi connectivity index (χ0n) is 18.3. The van der Waals surface area contributed by atoms with Gasteiger partial charge in [-0.3, -0.25) is 10.2 Å². The molecule has 4 N–H and O–H groups in total. The van der Waals surface area contributed by atoms with Crippen molar-refractivity contribution in [1.29, 1.82) is 5.41 Å². The van der Waals surface area contributed by atoms with Gasteiger partial charge in [0.25, 0.3) is 0 Å². The van der Waals surface area contributed by atoms with Crippen LogP contribution in [0.3, 0.4) is 0 Å². The predicted octanol–water partition coefficient (Wildman–Crippen LogP) is 3.03. The van der Waals surface area contributed by atoms with Crippen molar-refractivity contribution in [1.82, 2.24) is 9.62 Å². The molecule has 0 aliphatic carbocycles. The number of nitrogen functional groups attached to an aromatic ring is 1. The van der Waals surface area contributed by atoms with Crippen molar-refractivity contribution in [2.45, 2.75) is 36.6 Å². The molecule has 0 aromatic heterocycles. The molecule has 3 aromatic rings. The van der Waals surface area contributed by atoms with Crippen molar-refractivity contribution < 1.29 is 13.2 Å². The topological polar surface area (TPSA) is 116 Å². The maximum absolute atomic E-state index is 13.4. The van der Waals surface area contributed by atoms with Crippen LogP contribution in [0.15, 0.2) is 71.6 Å². The van der Waals surface area contributed by atoms with Gasteiger partial charge < -0.3 is 10.6 Å². The van der Waals surface area contributed by atoms with Crippen molar-refractivity contribution in [3.05, 3.63) is 77.9 Å². The SMILES string of the molecule is N=C(N)c1cccc(C[C@@H](NS(=O)(=O)c2ccc3ccccc3c2)C(=O)N2CCCCC2)c1. The molecule has 1 atom stereocenters. The van der Waals surface area contributed by atoms with Crippen molar-refractivity contribution in [3.63, 3.8) is 0 Å². The van der Waals surface area contributed by atoms with Gasteiger partial charge in [-0.25, -0.2) is 8.42 Å². The molecule has 1 aliphatic rings. The number of nitrogens with one attached hydrogen (secondary N) is 2. The molecule has 1 aliphatic heterocycles. The lowest BCUT2D eigenvalue weighted by Crippen LogP contribution is -2.50. The Morgan fingerprint density at radius 1 is 0.970 bits per heavy atom. The van der Waals surface area contributed by atoms with Crippen LogP contribution in [0.1, 0.15) is 30.4 Å². The minimum absolute atomic E-state index is 0.0764. The average Bonchev–Trinajstić information content (AvgIpc) is 2.83. The van der Waals surface area contributed by atoms with Crippen molar-refractivity contribution in [2.75, 3.05) is 13.1 Å². The first-order valence-electron chi connectivity index (χ1n) is 11.1. The summed E-state index contributed by atoms with van der Waals surface area (Å²) >= 11 is 0. The van der Waals surface area contributed by atoms with Gasteiger partial charge in [0.1, 0.15) is 11.9 Å². The highest BCUT2D eigenvalue weighted by Gasteiger charge is 2.30. The summed E-state index contributed by atoms with van der Waals surface area (Å²) in [6, 6.07) is 18.5. The number of carbonyl (C=O) groups excluding carboxylic acids is 1. The largest absolute Gasteiger partial charge is 0.384 e. The summed E-state index contributed by atoms with van der Waals surface area (Å²) in [5.74, 6) is -0.306. The fourth-order valence-corrected chi connectivity index (χ4v) is 5.43. The van der Waals surface area contributed by atoms with E-state index in [4.69, 9.17) is 11.1 Å². The molecule has 7 nitrogen and oxygen atoms in total. The first-order chi connectivity index (χ1) is 15.8. The van der Waals surface area contributed by atoms with Crippen molar-refractivity contribution >= 4 is 32.5 Å². The number of sulfonamides is 1. The van der Waals surface area contributed by atoms with E-state index in [0.717, 1.165) is 35.6 Å². The number of amidine groups is 1. The van der Waals surface area contributed by atoms with E-state index >= 15 is 0 Å². The third-order valence-corrected chi connectivity index (χ3v) is 7.44. The van der Waals surface area contributed by atoms with Gasteiger partial charge in [-0.05, 0) is 60.2 Å². The number of nitrogens with zero attached hydrogens (tertiary/aromatic N) is 1. The fourth-order valence-electron chi connectivity index (χ4n) is 4.21. The number of hydrogen-bond acceptors (Lipinski definition) is 4. The number of benzene rings is 3. The highest BCUT2D eigenvalue weighted by atomic mass is 32.2. The monoisotopic (exact) mass is 464 g/mol. The van der Waals surface area contributed by atoms with E-state index in [1.165, 1.54) is 0 Å². The predicted molar refractivity (Wildman–Crippen MR) is 130 cm³/mol. The Labute approximate surface area is 194 Å². The van der Waals surface area contributed by atoms with Crippen LogP contribution in [0, 0.1) is 5.41 Å². The van der Waals surface area contributed by atoms with Gasteiger partial charge in [0.2, 0.25) is 15.9 Å². The third kappa shape index (κ3) is 5.40. The highest BCUT2D eigenvalue weighted by Crippen LogP contribution is 2.20. The van der Waals surface area contributed by atoms with Crippen LogP contribution < -0.4 is 10.5 Å². The smallest absolute Gasteiger partial charge is 0.241 e. The Morgan fingerprint density at radius 2 is 1.70 bits per heavy atom. The molecule has 0 radical (unpaired) electrons. The molecule has 0 unspecified atom stereocenters. The second kappa shape index (κ2) is 9.72. The first-order valence-corrected chi connectivity index (χ1v) is 12.5. The van der Waals surface area contributed by atoms with E-state index < -0.39 is 16.1 Å². The molecule has 0 bridgehead atoms. The van der Waals surface area contributed by atoms with Gasteiger partial charge in [-0.2, -0.15) is 4.72 Å². The number of carbonyl (C=O) groups is 1. The molecule has 1 fully saturated rings. The molecule has 1 heterocycles. The summed E-state index contributed by atoms with van der Waals surface area (Å²) in [6.07, 6.45) is 3.06. The minimum atomic E-state index is -3.95. The summed E-state index contributed by atoms with van der Waals surface area (Å²) in [4.78, 5) is 15.2. The van der Waals surface area contributed by atoms with E-state index in [1.54, 1.807) is 41.3 Å². The van der Waals surface area contributed by atoms with Crippen LogP contribution >= 0.6 is 0 Å². The number of amides is 1. The zero-order valence-corrected chi connectivity index (χ0v) is 19.1. The van der Waals surface area contributed by atoms with E-state index in [-0.39, 0.29) is 23.1 Å². The molecular formula is C25H28N4O3S. The van der Waals surface area contributed by atoms with Crippen molar-refractivity contribution in [2.24, 2.45) is 5.73 Å². The van der Waals surface area contributed by atoms with Gasteiger partial charge in [-0.15, -0.1) is 0 Å². The molecule has 172 valence electrons. The molecular weight excluding hydrogens is 436 g/mol. The third-order valence-electron chi connectivity index (χ3n) is 5.97.